The van der Waals surface area contributed by atoms with Gasteiger partial charge in [-0.1, -0.05) is 19.1 Å². The third kappa shape index (κ3) is 6.26. The van der Waals surface area contributed by atoms with Crippen LogP contribution in [0, 0.1) is 5.92 Å². The first-order valence-electron chi connectivity index (χ1n) is 3.76. The van der Waals surface area contributed by atoms with Crippen LogP contribution in [0.2, 0.25) is 0 Å². The average molecular weight is 175 g/mol. The van der Waals surface area contributed by atoms with Gasteiger partial charge in [-0.15, -0.1) is 0 Å². The Labute approximate surface area is 74.1 Å². The number of ether oxygens (including phenoxy) is 1. The lowest BCUT2D eigenvalue weighted by molar-refractivity contribution is -0.0103. The van der Waals surface area contributed by atoms with Crippen molar-refractivity contribution in [1.29, 1.82) is 0 Å². The molecule has 0 aromatic carbocycles. The van der Waals surface area contributed by atoms with E-state index < -0.39 is 0 Å². The van der Waals surface area contributed by atoms with Gasteiger partial charge in [-0.05, 0) is 20.8 Å². The second-order valence-electron chi connectivity index (χ2n) is 3.73. The van der Waals surface area contributed by atoms with Crippen LogP contribution in [0.5, 0.6) is 0 Å². The topological polar surface area (TPSA) is 35.2 Å². The summed E-state index contributed by atoms with van der Waals surface area (Å²) in [6.45, 7) is 8.62. The summed E-state index contributed by atoms with van der Waals surface area (Å²) in [5, 5.41) is 0. The fourth-order valence-corrected chi connectivity index (χ4v) is 0.525. The molecule has 2 nitrogen and oxygen atoms in total. The van der Waals surface area contributed by atoms with E-state index in [1.165, 1.54) is 0 Å². The second-order valence-corrected chi connectivity index (χ2v) is 4.20. The third-order valence-electron chi connectivity index (χ3n) is 1.25. The molecule has 0 aromatic rings. The Morgan fingerprint density at radius 2 is 2.00 bits per heavy atom. The Kier molecular flexibility index (Phi) is 3.97. The molecule has 0 aliphatic heterocycles. The van der Waals surface area contributed by atoms with Gasteiger partial charge in [-0.25, -0.2) is 0 Å². The van der Waals surface area contributed by atoms with Crippen LogP contribution in [0.25, 0.3) is 0 Å². The van der Waals surface area contributed by atoms with Crippen molar-refractivity contribution >= 4 is 17.2 Å². The summed E-state index contributed by atoms with van der Waals surface area (Å²) in [7, 11) is 0. The van der Waals surface area contributed by atoms with E-state index in [1.54, 1.807) is 0 Å². The van der Waals surface area contributed by atoms with Crippen molar-refractivity contribution in [1.82, 2.24) is 0 Å². The molecular weight excluding hydrogens is 158 g/mol. The minimum absolute atomic E-state index is 0.0982. The molecule has 0 rings (SSSR count). The largest absolute Gasteiger partial charge is 0.393 e. The number of thiocarbonyl (C=S) groups is 1. The quantitative estimate of drug-likeness (QED) is 0.663. The number of hydrogen-bond acceptors (Lipinski definition) is 2. The molecule has 2 N–H and O–H groups in total. The van der Waals surface area contributed by atoms with E-state index in [1.807, 2.05) is 27.7 Å². The van der Waals surface area contributed by atoms with Crippen molar-refractivity contribution in [2.24, 2.45) is 11.7 Å². The molecular formula is C8H17NOS. The SMILES string of the molecule is C[C@H](COC(C)(C)C)C(N)=S. The molecule has 3 heteroatoms. The lowest BCUT2D eigenvalue weighted by Crippen LogP contribution is -2.28. The van der Waals surface area contributed by atoms with Crippen LogP contribution < -0.4 is 5.73 Å². The van der Waals surface area contributed by atoms with Crippen LogP contribution in [0.3, 0.4) is 0 Å². The Balaban J connectivity index is 3.63. The number of hydrogen-bond donors (Lipinski definition) is 1. The van der Waals surface area contributed by atoms with E-state index in [-0.39, 0.29) is 11.5 Å². The van der Waals surface area contributed by atoms with Gasteiger partial charge < -0.3 is 10.5 Å². The van der Waals surface area contributed by atoms with Crippen LogP contribution in [0.15, 0.2) is 0 Å². The van der Waals surface area contributed by atoms with Crippen molar-refractivity contribution in [2.45, 2.75) is 33.3 Å². The average Bonchev–Trinajstić information content (AvgIpc) is 1.80. The van der Waals surface area contributed by atoms with Crippen LogP contribution in [-0.4, -0.2) is 17.2 Å². The first kappa shape index (κ1) is 10.8. The maximum atomic E-state index is 5.48. The highest BCUT2D eigenvalue weighted by Gasteiger charge is 2.13. The monoisotopic (exact) mass is 175 g/mol. The van der Waals surface area contributed by atoms with Crippen LogP contribution in [0.4, 0.5) is 0 Å². The van der Waals surface area contributed by atoms with E-state index in [2.05, 4.69) is 0 Å². The highest BCUT2D eigenvalue weighted by atomic mass is 32.1. The molecule has 0 bridgehead atoms. The molecule has 66 valence electrons. The summed E-state index contributed by atoms with van der Waals surface area (Å²) < 4.78 is 5.48. The molecule has 0 saturated carbocycles. The molecule has 0 unspecified atom stereocenters. The van der Waals surface area contributed by atoms with Crippen molar-refractivity contribution in [3.8, 4) is 0 Å². The summed E-state index contributed by atoms with van der Waals surface area (Å²) >= 11 is 4.80. The summed E-state index contributed by atoms with van der Waals surface area (Å²) in [6, 6.07) is 0. The Bertz CT molecular complexity index is 140. The third-order valence-corrected chi connectivity index (χ3v) is 1.65. The summed E-state index contributed by atoms with van der Waals surface area (Å²) in [6.07, 6.45) is 0. The van der Waals surface area contributed by atoms with E-state index in [4.69, 9.17) is 22.7 Å². The summed E-state index contributed by atoms with van der Waals surface area (Å²) in [5.74, 6) is 0.171. The molecule has 0 heterocycles. The van der Waals surface area contributed by atoms with Gasteiger partial charge in [0, 0.05) is 5.92 Å². The molecule has 11 heavy (non-hydrogen) atoms. The molecule has 0 radical (unpaired) electrons. The molecule has 0 spiro atoms. The first-order chi connectivity index (χ1) is 4.83. The Morgan fingerprint density at radius 3 is 2.27 bits per heavy atom. The van der Waals surface area contributed by atoms with Gasteiger partial charge in [0.2, 0.25) is 0 Å². The van der Waals surface area contributed by atoms with E-state index in [0.29, 0.717) is 11.6 Å². The fourth-order valence-electron chi connectivity index (χ4n) is 0.457. The number of nitrogens with two attached hydrogens (primary N) is 1. The predicted octanol–water partition coefficient (Wildman–Crippen LogP) is 1.72. The van der Waals surface area contributed by atoms with Gasteiger partial charge in [-0.2, -0.15) is 0 Å². The molecule has 0 amide bonds. The zero-order valence-corrected chi connectivity index (χ0v) is 8.49. The van der Waals surface area contributed by atoms with Crippen LogP contribution >= 0.6 is 12.2 Å². The first-order valence-corrected chi connectivity index (χ1v) is 4.17. The molecule has 0 aliphatic carbocycles. The minimum atomic E-state index is -0.0982. The molecule has 0 saturated heterocycles. The maximum Gasteiger partial charge on any atom is 0.0779 e. The van der Waals surface area contributed by atoms with Crippen molar-refractivity contribution in [3.63, 3.8) is 0 Å². The zero-order chi connectivity index (χ0) is 9.07. The van der Waals surface area contributed by atoms with Crippen molar-refractivity contribution < 1.29 is 4.74 Å². The van der Waals surface area contributed by atoms with Crippen molar-refractivity contribution in [3.05, 3.63) is 0 Å². The Morgan fingerprint density at radius 1 is 1.55 bits per heavy atom. The highest BCUT2D eigenvalue weighted by Crippen LogP contribution is 2.09. The van der Waals surface area contributed by atoms with Crippen LogP contribution in [0.1, 0.15) is 27.7 Å². The second kappa shape index (κ2) is 4.02. The smallest absolute Gasteiger partial charge is 0.0779 e. The normalized spacial score (nSPS) is 14.5. The van der Waals surface area contributed by atoms with E-state index in [0.717, 1.165) is 0 Å². The van der Waals surface area contributed by atoms with E-state index in [9.17, 15) is 0 Å². The molecule has 0 aliphatic rings. The standard InChI is InChI=1S/C8H17NOS/c1-6(7(9)11)5-10-8(2,3)4/h6H,5H2,1-4H3,(H2,9,11)/t6-/m1/s1. The van der Waals surface area contributed by atoms with Crippen molar-refractivity contribution in [2.75, 3.05) is 6.61 Å². The van der Waals surface area contributed by atoms with Crippen LogP contribution in [-0.2, 0) is 4.74 Å². The Hall–Kier alpha value is -0.150. The molecule has 1 atom stereocenters. The van der Waals surface area contributed by atoms with Gasteiger partial charge in [-0.3, -0.25) is 0 Å². The number of rotatable bonds is 3. The lowest BCUT2D eigenvalue weighted by atomic mass is 10.1. The minimum Gasteiger partial charge on any atom is -0.393 e. The molecule has 0 fully saturated rings. The van der Waals surface area contributed by atoms with Gasteiger partial charge in [0.05, 0.1) is 17.2 Å². The lowest BCUT2D eigenvalue weighted by Gasteiger charge is -2.21. The van der Waals surface area contributed by atoms with E-state index >= 15 is 0 Å². The summed E-state index contributed by atoms with van der Waals surface area (Å²) in [5.41, 5.74) is 5.32. The van der Waals surface area contributed by atoms with Gasteiger partial charge in [0.25, 0.3) is 0 Å². The maximum absolute atomic E-state index is 5.48. The highest BCUT2D eigenvalue weighted by molar-refractivity contribution is 7.80. The predicted molar refractivity (Wildman–Crippen MR) is 51.7 cm³/mol. The van der Waals surface area contributed by atoms with Gasteiger partial charge in [0.15, 0.2) is 0 Å². The van der Waals surface area contributed by atoms with Gasteiger partial charge in [0.1, 0.15) is 0 Å². The van der Waals surface area contributed by atoms with Gasteiger partial charge >= 0.3 is 0 Å². The fraction of sp³-hybridized carbons (Fsp3) is 0.875. The summed E-state index contributed by atoms with van der Waals surface area (Å²) in [4.78, 5) is 0.522. The zero-order valence-electron chi connectivity index (χ0n) is 7.68. The molecule has 0 aromatic heterocycles.